The molecule has 4 heteroatoms. The molecule has 2 rings (SSSR count). The maximum Gasteiger partial charge on any atom is 0.308 e. The van der Waals surface area contributed by atoms with Crippen LogP contribution in [0.2, 0.25) is 0 Å². The van der Waals surface area contributed by atoms with Crippen LogP contribution in [-0.4, -0.2) is 26.2 Å². The van der Waals surface area contributed by atoms with Crippen LogP contribution in [-0.2, 0) is 9.53 Å². The van der Waals surface area contributed by atoms with Gasteiger partial charge in [-0.25, -0.2) is 0 Å². The quantitative estimate of drug-likeness (QED) is 0.679. The van der Waals surface area contributed by atoms with Crippen molar-refractivity contribution < 1.29 is 9.53 Å². The number of methoxy groups -OCH3 is 1. The summed E-state index contributed by atoms with van der Waals surface area (Å²) in [5, 5.41) is 3.32. The van der Waals surface area contributed by atoms with Crippen molar-refractivity contribution in [1.82, 2.24) is 5.32 Å². The highest BCUT2D eigenvalue weighted by Gasteiger charge is 2.48. The number of carbonyl (C=O) groups is 1. The number of halogens is 1. The van der Waals surface area contributed by atoms with Crippen LogP contribution in [0.5, 0.6) is 0 Å². The van der Waals surface area contributed by atoms with Gasteiger partial charge in [0, 0.05) is 0 Å². The van der Waals surface area contributed by atoms with E-state index in [1.807, 2.05) is 0 Å². The van der Waals surface area contributed by atoms with Crippen LogP contribution in [0.3, 0.4) is 0 Å². The first-order valence-corrected chi connectivity index (χ1v) is 4.61. The number of ether oxygens (including phenoxy) is 1. The van der Waals surface area contributed by atoms with Gasteiger partial charge in [0.15, 0.2) is 0 Å². The number of nitrogens with one attached hydrogen (secondary N) is 1. The SMILES string of the molecule is COC(=O)[C@@H]1C[C@H]1C1CCNC1.Cl. The molecular weight excluding hydrogens is 190 g/mol. The van der Waals surface area contributed by atoms with E-state index in [0.717, 1.165) is 25.4 Å². The zero-order valence-electron chi connectivity index (χ0n) is 7.79. The molecule has 1 aliphatic heterocycles. The van der Waals surface area contributed by atoms with Crippen LogP contribution in [0.1, 0.15) is 12.8 Å². The van der Waals surface area contributed by atoms with E-state index in [1.165, 1.54) is 13.5 Å². The minimum absolute atomic E-state index is 0. The Morgan fingerprint density at radius 1 is 1.54 bits per heavy atom. The number of hydrogen-bond acceptors (Lipinski definition) is 3. The summed E-state index contributed by atoms with van der Waals surface area (Å²) in [6, 6.07) is 0. The molecule has 13 heavy (non-hydrogen) atoms. The maximum atomic E-state index is 11.1. The first kappa shape index (κ1) is 10.8. The normalized spacial score (nSPS) is 36.5. The first-order chi connectivity index (χ1) is 5.83. The van der Waals surface area contributed by atoms with Crippen LogP contribution < -0.4 is 5.32 Å². The van der Waals surface area contributed by atoms with E-state index in [-0.39, 0.29) is 24.3 Å². The van der Waals surface area contributed by atoms with Crippen molar-refractivity contribution in [3.63, 3.8) is 0 Å². The van der Waals surface area contributed by atoms with Gasteiger partial charge >= 0.3 is 5.97 Å². The fourth-order valence-corrected chi connectivity index (χ4v) is 2.20. The number of hydrogen-bond donors (Lipinski definition) is 1. The molecule has 2 aliphatic rings. The molecule has 76 valence electrons. The Balaban J connectivity index is 0.000000845. The standard InChI is InChI=1S/C9H15NO2.ClH/c1-12-9(11)8-4-7(8)6-2-3-10-5-6;/h6-8,10H,2-5H2,1H3;1H/t6?,7-,8+;/m0./s1. The van der Waals surface area contributed by atoms with Gasteiger partial charge in [0.25, 0.3) is 0 Å². The van der Waals surface area contributed by atoms with Crippen molar-refractivity contribution in [2.45, 2.75) is 12.8 Å². The Morgan fingerprint density at radius 3 is 2.85 bits per heavy atom. The van der Waals surface area contributed by atoms with Gasteiger partial charge in [-0.05, 0) is 37.8 Å². The molecule has 3 nitrogen and oxygen atoms in total. The Morgan fingerprint density at radius 2 is 2.31 bits per heavy atom. The Bertz CT molecular complexity index is 192. The van der Waals surface area contributed by atoms with Crippen LogP contribution in [0.4, 0.5) is 0 Å². The average Bonchev–Trinajstić information content (AvgIpc) is 2.71. The van der Waals surface area contributed by atoms with E-state index in [0.29, 0.717) is 5.92 Å². The van der Waals surface area contributed by atoms with Gasteiger partial charge < -0.3 is 10.1 Å². The van der Waals surface area contributed by atoms with Gasteiger partial charge in [0.1, 0.15) is 0 Å². The Hall–Kier alpha value is -0.280. The van der Waals surface area contributed by atoms with E-state index >= 15 is 0 Å². The van der Waals surface area contributed by atoms with Gasteiger partial charge in [-0.1, -0.05) is 0 Å². The van der Waals surface area contributed by atoms with Gasteiger partial charge in [0.05, 0.1) is 13.0 Å². The maximum absolute atomic E-state index is 11.1. The highest BCUT2D eigenvalue weighted by molar-refractivity contribution is 5.85. The molecule has 0 aromatic rings. The third-order valence-corrected chi connectivity index (χ3v) is 3.05. The summed E-state index contributed by atoms with van der Waals surface area (Å²) < 4.78 is 4.70. The third-order valence-electron chi connectivity index (χ3n) is 3.05. The summed E-state index contributed by atoms with van der Waals surface area (Å²) in [6.45, 7) is 2.22. The molecule has 1 saturated carbocycles. The largest absolute Gasteiger partial charge is 0.469 e. The molecule has 3 atom stereocenters. The second-order valence-electron chi connectivity index (χ2n) is 3.78. The predicted octanol–water partition coefficient (Wildman–Crippen LogP) is 0.827. The summed E-state index contributed by atoms with van der Waals surface area (Å²) in [4.78, 5) is 11.1. The molecule has 1 unspecified atom stereocenters. The van der Waals surface area contributed by atoms with Gasteiger partial charge in [-0.3, -0.25) is 4.79 Å². The smallest absolute Gasteiger partial charge is 0.308 e. The second kappa shape index (κ2) is 4.29. The lowest BCUT2D eigenvalue weighted by Crippen LogP contribution is -2.13. The molecule has 1 saturated heterocycles. The number of carbonyl (C=O) groups excluding carboxylic acids is 1. The van der Waals surface area contributed by atoms with Crippen molar-refractivity contribution in [1.29, 1.82) is 0 Å². The van der Waals surface area contributed by atoms with Crippen LogP contribution in [0, 0.1) is 17.8 Å². The Labute approximate surface area is 84.6 Å². The van der Waals surface area contributed by atoms with Crippen LogP contribution in [0.25, 0.3) is 0 Å². The fraction of sp³-hybridized carbons (Fsp3) is 0.889. The minimum atomic E-state index is -0.00750. The Kier molecular flexibility index (Phi) is 3.56. The minimum Gasteiger partial charge on any atom is -0.469 e. The van der Waals surface area contributed by atoms with Crippen LogP contribution in [0.15, 0.2) is 0 Å². The predicted molar refractivity (Wildman–Crippen MR) is 51.8 cm³/mol. The fourth-order valence-electron chi connectivity index (χ4n) is 2.20. The summed E-state index contributed by atoms with van der Waals surface area (Å²) in [7, 11) is 1.48. The molecule has 1 aliphatic carbocycles. The van der Waals surface area contributed by atoms with E-state index in [1.54, 1.807) is 0 Å². The molecule has 0 radical (unpaired) electrons. The molecule has 0 aromatic carbocycles. The third kappa shape index (κ3) is 2.15. The van der Waals surface area contributed by atoms with Crippen molar-refractivity contribution >= 4 is 18.4 Å². The molecule has 0 amide bonds. The van der Waals surface area contributed by atoms with Gasteiger partial charge in [-0.2, -0.15) is 0 Å². The second-order valence-corrected chi connectivity index (χ2v) is 3.78. The van der Waals surface area contributed by atoms with E-state index in [2.05, 4.69) is 5.32 Å². The van der Waals surface area contributed by atoms with Crippen molar-refractivity contribution in [2.24, 2.45) is 17.8 Å². The molecular formula is C9H16ClNO2. The zero-order valence-corrected chi connectivity index (χ0v) is 8.60. The average molecular weight is 206 g/mol. The highest BCUT2D eigenvalue weighted by atomic mass is 35.5. The van der Waals surface area contributed by atoms with E-state index < -0.39 is 0 Å². The van der Waals surface area contributed by atoms with Gasteiger partial charge in [-0.15, -0.1) is 12.4 Å². The summed E-state index contributed by atoms with van der Waals surface area (Å²) in [5.41, 5.74) is 0. The topological polar surface area (TPSA) is 38.3 Å². The van der Waals surface area contributed by atoms with Crippen molar-refractivity contribution in [2.75, 3.05) is 20.2 Å². The lowest BCUT2D eigenvalue weighted by Gasteiger charge is -2.05. The number of esters is 1. The van der Waals surface area contributed by atoms with Crippen molar-refractivity contribution in [3.8, 4) is 0 Å². The van der Waals surface area contributed by atoms with Crippen LogP contribution >= 0.6 is 12.4 Å². The first-order valence-electron chi connectivity index (χ1n) is 4.61. The molecule has 0 aromatic heterocycles. The highest BCUT2D eigenvalue weighted by Crippen LogP contribution is 2.46. The molecule has 0 bridgehead atoms. The number of rotatable bonds is 2. The molecule has 0 spiro atoms. The van der Waals surface area contributed by atoms with Crippen molar-refractivity contribution in [3.05, 3.63) is 0 Å². The zero-order chi connectivity index (χ0) is 8.55. The lowest BCUT2D eigenvalue weighted by molar-refractivity contribution is -0.142. The van der Waals surface area contributed by atoms with E-state index in [9.17, 15) is 4.79 Å². The molecule has 1 N–H and O–H groups in total. The molecule has 1 heterocycles. The monoisotopic (exact) mass is 205 g/mol. The summed E-state index contributed by atoms with van der Waals surface area (Å²) >= 11 is 0. The lowest BCUT2D eigenvalue weighted by atomic mass is 10.0. The van der Waals surface area contributed by atoms with Gasteiger partial charge in [0.2, 0.25) is 0 Å². The van der Waals surface area contributed by atoms with E-state index in [4.69, 9.17) is 4.74 Å². The summed E-state index contributed by atoms with van der Waals surface area (Å²) in [5.74, 6) is 1.56. The summed E-state index contributed by atoms with van der Waals surface area (Å²) in [6.07, 6.45) is 2.29. The molecule has 2 fully saturated rings.